The van der Waals surface area contributed by atoms with Gasteiger partial charge < -0.3 is 20.8 Å². The molecule has 0 fully saturated rings. The van der Waals surface area contributed by atoms with E-state index in [4.69, 9.17) is 16.5 Å². The molecule has 0 radical (unpaired) electrons. The fourth-order valence-electron chi connectivity index (χ4n) is 3.97. The number of hydrogen-bond donors (Lipinski definition) is 2. The Kier molecular flexibility index (Phi) is 6.70. The molecule has 0 aliphatic carbocycles. The van der Waals surface area contributed by atoms with Crippen molar-refractivity contribution >= 4 is 39.8 Å². The number of nitrogens with zero attached hydrogens (tertiary/aromatic N) is 3. The van der Waals surface area contributed by atoms with E-state index in [1.54, 1.807) is 6.08 Å². The van der Waals surface area contributed by atoms with Crippen LogP contribution in [0.15, 0.2) is 48.5 Å². The van der Waals surface area contributed by atoms with Crippen molar-refractivity contribution in [3.63, 3.8) is 0 Å². The Morgan fingerprint density at radius 2 is 1.88 bits per heavy atom. The van der Waals surface area contributed by atoms with Gasteiger partial charge in [-0.3, -0.25) is 0 Å². The van der Waals surface area contributed by atoms with Crippen molar-refractivity contribution in [2.45, 2.75) is 39.3 Å². The number of nitrogens with two attached hydrogens (primary N) is 2. The van der Waals surface area contributed by atoms with Gasteiger partial charge in [-0.2, -0.15) is 0 Å². The maximum absolute atomic E-state index is 11.5. The number of imidazole rings is 1. The van der Waals surface area contributed by atoms with Crippen molar-refractivity contribution in [1.82, 2.24) is 14.5 Å². The second-order valence-electron chi connectivity index (χ2n) is 8.07. The van der Waals surface area contributed by atoms with Gasteiger partial charge in [-0.15, -0.1) is 0 Å². The standard InChI is InChI=1S/C26H29N5O2/c1-3-4-5-22-30-24-25(31(22)16-19-8-6-18(15-27)7-9-19)20-12-10-17(11-13-23(32)33-2)14-21(20)29-26(24)28/h6-14H,3-5,15-16,27H2,1-2H3,(H2,28,29)/b13-11+. The quantitative estimate of drug-likeness (QED) is 0.312. The van der Waals surface area contributed by atoms with Gasteiger partial charge in [0.05, 0.1) is 18.1 Å². The fraction of sp³-hybridized carbons (Fsp3) is 0.269. The normalized spacial score (nSPS) is 11.6. The van der Waals surface area contributed by atoms with Crippen molar-refractivity contribution in [3.8, 4) is 0 Å². The molecule has 0 aliphatic rings. The lowest BCUT2D eigenvalue weighted by atomic mass is 10.1. The highest BCUT2D eigenvalue weighted by Crippen LogP contribution is 2.31. The third-order valence-corrected chi connectivity index (χ3v) is 5.77. The van der Waals surface area contributed by atoms with Crippen LogP contribution in [0.3, 0.4) is 0 Å². The van der Waals surface area contributed by atoms with Crippen LogP contribution in [0.4, 0.5) is 5.82 Å². The van der Waals surface area contributed by atoms with Gasteiger partial charge in [0.15, 0.2) is 5.82 Å². The first-order chi connectivity index (χ1) is 16.0. The van der Waals surface area contributed by atoms with Crippen molar-refractivity contribution in [3.05, 3.63) is 71.1 Å². The van der Waals surface area contributed by atoms with Crippen molar-refractivity contribution in [2.24, 2.45) is 5.73 Å². The van der Waals surface area contributed by atoms with Gasteiger partial charge in [-0.05, 0) is 35.3 Å². The SMILES string of the molecule is CCCCc1nc2c(N)nc3cc(/C=C/C(=O)OC)ccc3c2n1Cc1ccc(CN)cc1. The summed E-state index contributed by atoms with van der Waals surface area (Å²) in [6.07, 6.45) is 6.09. The molecule has 0 bridgehead atoms. The number of aromatic nitrogens is 3. The molecule has 0 amide bonds. The number of methoxy groups -OCH3 is 1. The highest BCUT2D eigenvalue weighted by atomic mass is 16.5. The summed E-state index contributed by atoms with van der Waals surface area (Å²) in [5, 5.41) is 0.975. The Morgan fingerprint density at radius 1 is 1.12 bits per heavy atom. The Bertz CT molecular complexity index is 1320. The van der Waals surface area contributed by atoms with Crippen LogP contribution >= 0.6 is 0 Å². The van der Waals surface area contributed by atoms with E-state index in [0.29, 0.717) is 18.9 Å². The summed E-state index contributed by atoms with van der Waals surface area (Å²) in [5.41, 5.74) is 17.7. The lowest BCUT2D eigenvalue weighted by Crippen LogP contribution is -2.06. The molecule has 0 saturated carbocycles. The minimum atomic E-state index is -0.405. The molecule has 0 spiro atoms. The van der Waals surface area contributed by atoms with E-state index >= 15 is 0 Å². The zero-order valence-corrected chi connectivity index (χ0v) is 19.0. The van der Waals surface area contributed by atoms with Crippen LogP contribution in [0.2, 0.25) is 0 Å². The van der Waals surface area contributed by atoms with Gasteiger partial charge in [0.1, 0.15) is 11.3 Å². The number of aryl methyl sites for hydroxylation is 1. The first-order valence-corrected chi connectivity index (χ1v) is 11.2. The van der Waals surface area contributed by atoms with E-state index in [9.17, 15) is 4.79 Å². The first-order valence-electron chi connectivity index (χ1n) is 11.2. The predicted octanol–water partition coefficient (Wildman–Crippen LogP) is 4.20. The second-order valence-corrected chi connectivity index (χ2v) is 8.07. The Balaban J connectivity index is 1.86. The van der Waals surface area contributed by atoms with E-state index in [0.717, 1.165) is 58.2 Å². The largest absolute Gasteiger partial charge is 0.466 e. The van der Waals surface area contributed by atoms with Crippen LogP contribution in [-0.2, 0) is 29.0 Å². The number of carbonyl (C=O) groups is 1. The smallest absolute Gasteiger partial charge is 0.330 e. The topological polar surface area (TPSA) is 109 Å². The van der Waals surface area contributed by atoms with Gasteiger partial charge >= 0.3 is 5.97 Å². The summed E-state index contributed by atoms with van der Waals surface area (Å²) < 4.78 is 6.93. The molecule has 2 aromatic heterocycles. The summed E-state index contributed by atoms with van der Waals surface area (Å²) in [6, 6.07) is 14.2. The predicted molar refractivity (Wildman–Crippen MR) is 133 cm³/mol. The molecule has 0 unspecified atom stereocenters. The van der Waals surface area contributed by atoms with Gasteiger partial charge in [-0.1, -0.05) is 49.7 Å². The van der Waals surface area contributed by atoms with E-state index in [1.165, 1.54) is 18.7 Å². The second kappa shape index (κ2) is 9.83. The van der Waals surface area contributed by atoms with E-state index in [-0.39, 0.29) is 0 Å². The van der Waals surface area contributed by atoms with E-state index in [1.807, 2.05) is 18.2 Å². The Labute approximate surface area is 193 Å². The summed E-state index contributed by atoms with van der Waals surface area (Å²) >= 11 is 0. The first kappa shape index (κ1) is 22.5. The van der Waals surface area contributed by atoms with E-state index in [2.05, 4.69) is 45.5 Å². The third-order valence-electron chi connectivity index (χ3n) is 5.77. The van der Waals surface area contributed by atoms with E-state index < -0.39 is 5.97 Å². The number of esters is 1. The number of unbranched alkanes of at least 4 members (excludes halogenated alkanes) is 1. The number of fused-ring (bicyclic) bond motifs is 3. The molecule has 2 aromatic carbocycles. The van der Waals surface area contributed by atoms with Crippen LogP contribution in [0.5, 0.6) is 0 Å². The molecule has 0 aliphatic heterocycles. The molecule has 2 heterocycles. The summed E-state index contributed by atoms with van der Waals surface area (Å²) in [6.45, 7) is 3.38. The average Bonchev–Trinajstić information content (AvgIpc) is 3.20. The molecule has 170 valence electrons. The zero-order chi connectivity index (χ0) is 23.4. The lowest BCUT2D eigenvalue weighted by Gasteiger charge is -2.12. The molecule has 7 nitrogen and oxygen atoms in total. The van der Waals surface area contributed by atoms with Crippen molar-refractivity contribution < 1.29 is 9.53 Å². The number of ether oxygens (including phenoxy) is 1. The molecule has 7 heteroatoms. The Hall–Kier alpha value is -3.71. The highest BCUT2D eigenvalue weighted by molar-refractivity contribution is 6.07. The zero-order valence-electron chi connectivity index (χ0n) is 19.0. The highest BCUT2D eigenvalue weighted by Gasteiger charge is 2.17. The monoisotopic (exact) mass is 443 g/mol. The number of hydrogen-bond acceptors (Lipinski definition) is 6. The minimum Gasteiger partial charge on any atom is -0.466 e. The van der Waals surface area contributed by atoms with Crippen molar-refractivity contribution in [2.75, 3.05) is 12.8 Å². The summed E-state index contributed by atoms with van der Waals surface area (Å²) in [7, 11) is 1.35. The van der Waals surface area contributed by atoms with Gasteiger partial charge in [0.25, 0.3) is 0 Å². The maximum atomic E-state index is 11.5. The summed E-state index contributed by atoms with van der Waals surface area (Å²) in [5.74, 6) is 1.00. The number of nitrogen functional groups attached to an aromatic ring is 1. The Morgan fingerprint density at radius 3 is 2.58 bits per heavy atom. The number of rotatable bonds is 8. The van der Waals surface area contributed by atoms with Crippen LogP contribution in [-0.4, -0.2) is 27.6 Å². The lowest BCUT2D eigenvalue weighted by molar-refractivity contribution is -0.134. The van der Waals surface area contributed by atoms with Crippen molar-refractivity contribution in [1.29, 1.82) is 0 Å². The molecule has 33 heavy (non-hydrogen) atoms. The number of pyridine rings is 1. The fourth-order valence-corrected chi connectivity index (χ4v) is 3.97. The molecule has 0 saturated heterocycles. The maximum Gasteiger partial charge on any atom is 0.330 e. The molecule has 4 aromatic rings. The third kappa shape index (κ3) is 4.73. The number of benzene rings is 2. The summed E-state index contributed by atoms with van der Waals surface area (Å²) in [4.78, 5) is 21.0. The molecule has 4 rings (SSSR count). The van der Waals surface area contributed by atoms with Crippen LogP contribution in [0.25, 0.3) is 28.0 Å². The molecule has 4 N–H and O–H groups in total. The molecule has 0 atom stereocenters. The van der Waals surface area contributed by atoms with Crippen LogP contribution in [0, 0.1) is 0 Å². The van der Waals surface area contributed by atoms with Gasteiger partial charge in [0.2, 0.25) is 0 Å². The molecular formula is C26H29N5O2. The van der Waals surface area contributed by atoms with Gasteiger partial charge in [-0.25, -0.2) is 14.8 Å². The molecular weight excluding hydrogens is 414 g/mol. The number of carbonyl (C=O) groups excluding carboxylic acids is 1. The minimum absolute atomic E-state index is 0.404. The number of anilines is 1. The van der Waals surface area contributed by atoms with Gasteiger partial charge in [0, 0.05) is 31.0 Å². The average molecular weight is 444 g/mol. The van der Waals surface area contributed by atoms with Crippen LogP contribution < -0.4 is 11.5 Å². The van der Waals surface area contributed by atoms with Crippen LogP contribution in [0.1, 0.15) is 42.3 Å².